The average Bonchev–Trinajstić information content (AvgIpc) is 3.21. The zero-order valence-electron chi connectivity index (χ0n) is 16.8. The second kappa shape index (κ2) is 8.42. The van der Waals surface area contributed by atoms with E-state index >= 15 is 0 Å². The highest BCUT2D eigenvalue weighted by Crippen LogP contribution is 2.31. The van der Waals surface area contributed by atoms with Crippen LogP contribution in [-0.2, 0) is 21.2 Å². The Kier molecular flexibility index (Phi) is 5.70. The molecule has 1 aliphatic rings. The van der Waals surface area contributed by atoms with Crippen molar-refractivity contribution in [2.75, 3.05) is 11.4 Å². The van der Waals surface area contributed by atoms with Gasteiger partial charge in [0.25, 0.3) is 0 Å². The van der Waals surface area contributed by atoms with Crippen molar-refractivity contribution in [1.82, 2.24) is 4.72 Å². The molecule has 0 bridgehead atoms. The fourth-order valence-corrected chi connectivity index (χ4v) is 5.10. The molecule has 6 heteroatoms. The van der Waals surface area contributed by atoms with Gasteiger partial charge in [-0.05, 0) is 41.3 Å². The molecule has 3 aromatic rings. The summed E-state index contributed by atoms with van der Waals surface area (Å²) >= 11 is 0. The van der Waals surface area contributed by atoms with Crippen LogP contribution >= 0.6 is 0 Å². The first kappa shape index (κ1) is 20.3. The Morgan fingerprint density at radius 3 is 2.13 bits per heavy atom. The second-order valence-corrected chi connectivity index (χ2v) is 9.03. The first-order valence-corrected chi connectivity index (χ1v) is 11.5. The minimum atomic E-state index is -3.77. The Bertz CT molecular complexity index is 1110. The summed E-state index contributed by atoms with van der Waals surface area (Å²) in [5.41, 5.74) is 3.43. The standard InChI is InChI=1S/C24H24N2O3S/c1-2-23(27)26-16-15-20-17-21(13-14-22(20)26)30(28,29)25-24(18-9-5-3-6-10-18)19-11-7-4-8-12-19/h3-14,17,24-25H,2,15-16H2,1H3. The number of sulfonamides is 1. The molecule has 1 aliphatic heterocycles. The van der Waals surface area contributed by atoms with Gasteiger partial charge in [0.05, 0.1) is 10.9 Å². The van der Waals surface area contributed by atoms with Gasteiger partial charge in [0.1, 0.15) is 0 Å². The van der Waals surface area contributed by atoms with E-state index in [0.29, 0.717) is 19.4 Å². The van der Waals surface area contributed by atoms with Gasteiger partial charge in [-0.25, -0.2) is 8.42 Å². The largest absolute Gasteiger partial charge is 0.312 e. The fraction of sp³-hybridized carbons (Fsp3) is 0.208. The van der Waals surface area contributed by atoms with E-state index in [2.05, 4.69) is 4.72 Å². The van der Waals surface area contributed by atoms with E-state index in [-0.39, 0.29) is 10.8 Å². The predicted octanol–water partition coefficient (Wildman–Crippen LogP) is 4.05. The number of nitrogens with zero attached hydrogens (tertiary/aromatic N) is 1. The summed E-state index contributed by atoms with van der Waals surface area (Å²) in [6, 6.07) is 23.6. The number of carbonyl (C=O) groups excluding carboxylic acids is 1. The minimum absolute atomic E-state index is 0.0516. The normalized spacial score (nSPS) is 13.5. The predicted molar refractivity (Wildman–Crippen MR) is 118 cm³/mol. The lowest BCUT2D eigenvalue weighted by Gasteiger charge is -2.20. The lowest BCUT2D eigenvalue weighted by atomic mass is 10.00. The molecule has 0 fully saturated rings. The summed E-state index contributed by atoms with van der Waals surface area (Å²) in [4.78, 5) is 14.1. The lowest BCUT2D eigenvalue weighted by Crippen LogP contribution is -2.29. The van der Waals surface area contributed by atoms with Crippen LogP contribution in [0.5, 0.6) is 0 Å². The van der Waals surface area contributed by atoms with E-state index in [9.17, 15) is 13.2 Å². The Hall–Kier alpha value is -2.96. The molecule has 154 valence electrons. The number of anilines is 1. The quantitative estimate of drug-likeness (QED) is 0.654. The minimum Gasteiger partial charge on any atom is -0.312 e. The highest BCUT2D eigenvalue weighted by Gasteiger charge is 2.27. The van der Waals surface area contributed by atoms with Gasteiger partial charge in [-0.3, -0.25) is 4.79 Å². The highest BCUT2D eigenvalue weighted by molar-refractivity contribution is 7.89. The number of amides is 1. The van der Waals surface area contributed by atoms with Crippen LogP contribution in [0.25, 0.3) is 0 Å². The van der Waals surface area contributed by atoms with Crippen molar-refractivity contribution in [3.05, 3.63) is 95.6 Å². The van der Waals surface area contributed by atoms with Crippen LogP contribution < -0.4 is 9.62 Å². The van der Waals surface area contributed by atoms with Gasteiger partial charge in [0, 0.05) is 18.7 Å². The number of nitrogens with one attached hydrogen (secondary N) is 1. The van der Waals surface area contributed by atoms with E-state index in [1.54, 1.807) is 23.1 Å². The van der Waals surface area contributed by atoms with Crippen LogP contribution in [0.4, 0.5) is 5.69 Å². The van der Waals surface area contributed by atoms with E-state index in [1.165, 1.54) is 0 Å². The van der Waals surface area contributed by atoms with Gasteiger partial charge < -0.3 is 4.90 Å². The van der Waals surface area contributed by atoms with Gasteiger partial charge in [-0.2, -0.15) is 4.72 Å². The van der Waals surface area contributed by atoms with Crippen molar-refractivity contribution in [3.8, 4) is 0 Å². The van der Waals surface area contributed by atoms with E-state index in [0.717, 1.165) is 22.4 Å². The van der Waals surface area contributed by atoms with E-state index < -0.39 is 16.1 Å². The molecule has 1 heterocycles. The summed E-state index contributed by atoms with van der Waals surface area (Å²) in [7, 11) is -3.77. The van der Waals surface area contributed by atoms with Crippen molar-refractivity contribution < 1.29 is 13.2 Å². The Morgan fingerprint density at radius 2 is 1.57 bits per heavy atom. The molecule has 5 nitrogen and oxygen atoms in total. The Morgan fingerprint density at radius 1 is 0.967 bits per heavy atom. The molecule has 0 saturated heterocycles. The van der Waals surface area contributed by atoms with Crippen LogP contribution in [0.3, 0.4) is 0 Å². The molecule has 0 atom stereocenters. The first-order valence-electron chi connectivity index (χ1n) is 10.0. The van der Waals surface area contributed by atoms with Crippen LogP contribution in [0.1, 0.15) is 36.1 Å². The molecule has 3 aromatic carbocycles. The molecule has 0 aliphatic carbocycles. The molecule has 30 heavy (non-hydrogen) atoms. The van der Waals surface area contributed by atoms with Crippen LogP contribution in [0, 0.1) is 0 Å². The average molecular weight is 421 g/mol. The fourth-order valence-electron chi connectivity index (χ4n) is 3.84. The first-order chi connectivity index (χ1) is 14.5. The van der Waals surface area contributed by atoms with Crippen LogP contribution in [0.15, 0.2) is 83.8 Å². The highest BCUT2D eigenvalue weighted by atomic mass is 32.2. The monoisotopic (exact) mass is 420 g/mol. The number of hydrogen-bond acceptors (Lipinski definition) is 3. The molecule has 4 rings (SSSR count). The number of carbonyl (C=O) groups is 1. The molecule has 0 unspecified atom stereocenters. The van der Waals surface area contributed by atoms with Gasteiger partial charge in [-0.1, -0.05) is 67.6 Å². The Balaban J connectivity index is 1.67. The van der Waals surface area contributed by atoms with Crippen molar-refractivity contribution in [3.63, 3.8) is 0 Å². The topological polar surface area (TPSA) is 66.5 Å². The molecular weight excluding hydrogens is 396 g/mol. The van der Waals surface area contributed by atoms with Gasteiger partial charge >= 0.3 is 0 Å². The van der Waals surface area contributed by atoms with Crippen LogP contribution in [-0.4, -0.2) is 20.9 Å². The molecule has 1 amide bonds. The van der Waals surface area contributed by atoms with Crippen molar-refractivity contribution in [1.29, 1.82) is 0 Å². The SMILES string of the molecule is CCC(=O)N1CCc2cc(S(=O)(=O)NC(c3ccccc3)c3ccccc3)ccc21. The van der Waals surface area contributed by atoms with Crippen molar-refractivity contribution in [2.24, 2.45) is 0 Å². The maximum atomic E-state index is 13.3. The number of fused-ring (bicyclic) bond motifs is 1. The smallest absolute Gasteiger partial charge is 0.241 e. The lowest BCUT2D eigenvalue weighted by molar-refractivity contribution is -0.118. The molecule has 0 aromatic heterocycles. The number of rotatable bonds is 6. The molecule has 0 radical (unpaired) electrons. The summed E-state index contributed by atoms with van der Waals surface area (Å²) < 4.78 is 29.4. The maximum absolute atomic E-state index is 13.3. The van der Waals surface area contributed by atoms with Gasteiger partial charge in [0.2, 0.25) is 15.9 Å². The third-order valence-corrected chi connectivity index (χ3v) is 6.82. The molecular formula is C24H24N2O3S. The second-order valence-electron chi connectivity index (χ2n) is 7.32. The van der Waals surface area contributed by atoms with Crippen LogP contribution in [0.2, 0.25) is 0 Å². The third-order valence-electron chi connectivity index (χ3n) is 5.40. The Labute approximate surface area is 177 Å². The van der Waals surface area contributed by atoms with Crippen molar-refractivity contribution in [2.45, 2.75) is 30.7 Å². The molecule has 0 saturated carbocycles. The van der Waals surface area contributed by atoms with E-state index in [1.807, 2.05) is 67.6 Å². The zero-order valence-corrected chi connectivity index (χ0v) is 17.6. The number of benzene rings is 3. The summed E-state index contributed by atoms with van der Waals surface area (Å²) in [5, 5.41) is 0. The van der Waals surface area contributed by atoms with Crippen molar-refractivity contribution >= 4 is 21.6 Å². The van der Waals surface area contributed by atoms with Gasteiger partial charge in [0.15, 0.2) is 0 Å². The third kappa shape index (κ3) is 4.01. The molecule has 1 N–H and O–H groups in total. The zero-order chi connectivity index (χ0) is 21.1. The molecule has 0 spiro atoms. The number of hydrogen-bond donors (Lipinski definition) is 1. The summed E-state index contributed by atoms with van der Waals surface area (Å²) in [5.74, 6) is 0.0516. The van der Waals surface area contributed by atoms with E-state index in [4.69, 9.17) is 0 Å². The summed E-state index contributed by atoms with van der Waals surface area (Å²) in [6.07, 6.45) is 1.09. The maximum Gasteiger partial charge on any atom is 0.241 e. The summed E-state index contributed by atoms with van der Waals surface area (Å²) in [6.45, 7) is 2.42. The van der Waals surface area contributed by atoms with Gasteiger partial charge in [-0.15, -0.1) is 0 Å².